The number of hydrogen-bond donors (Lipinski definition) is 1. The molecule has 0 saturated heterocycles. The zero-order chi connectivity index (χ0) is 15.7. The van der Waals surface area contributed by atoms with Gasteiger partial charge in [0.2, 0.25) is 5.91 Å². The number of halogens is 1. The van der Waals surface area contributed by atoms with Crippen LogP contribution in [0.15, 0.2) is 28.7 Å². The molecule has 1 rings (SSSR count). The van der Waals surface area contributed by atoms with Crippen molar-refractivity contribution in [1.82, 2.24) is 5.32 Å². The van der Waals surface area contributed by atoms with Crippen LogP contribution in [0.2, 0.25) is 0 Å². The summed E-state index contributed by atoms with van der Waals surface area (Å²) < 4.78 is 6.06. The van der Waals surface area contributed by atoms with E-state index in [0.29, 0.717) is 12.3 Å². The molecule has 0 heterocycles. The van der Waals surface area contributed by atoms with E-state index < -0.39 is 0 Å². The van der Waals surface area contributed by atoms with Crippen LogP contribution in [0.25, 0.3) is 0 Å². The van der Waals surface area contributed by atoms with Crippen LogP contribution in [0.1, 0.15) is 44.6 Å². The number of hydrogen-bond acceptors (Lipinski definition) is 2. The number of ether oxygens (including phenoxy) is 1. The third-order valence-corrected chi connectivity index (χ3v) is 4.13. The first kappa shape index (κ1) is 18.2. The molecule has 0 aliphatic rings. The molecule has 1 unspecified atom stereocenters. The van der Waals surface area contributed by atoms with Gasteiger partial charge in [-0.1, -0.05) is 41.9 Å². The summed E-state index contributed by atoms with van der Waals surface area (Å²) in [7, 11) is 1.70. The summed E-state index contributed by atoms with van der Waals surface area (Å²) in [6, 6.07) is 8.27. The van der Waals surface area contributed by atoms with E-state index in [4.69, 9.17) is 4.74 Å². The second-order valence-corrected chi connectivity index (χ2v) is 6.57. The van der Waals surface area contributed by atoms with E-state index in [0.717, 1.165) is 30.5 Å². The average Bonchev–Trinajstić information content (AvgIpc) is 2.45. The van der Waals surface area contributed by atoms with Crippen LogP contribution in [-0.4, -0.2) is 26.2 Å². The number of unbranched alkanes of at least 4 members (excludes halogenated alkanes) is 1. The maximum Gasteiger partial charge on any atom is 0.220 e. The Labute approximate surface area is 136 Å². The van der Waals surface area contributed by atoms with Crippen molar-refractivity contribution < 1.29 is 9.53 Å². The van der Waals surface area contributed by atoms with E-state index in [1.807, 2.05) is 12.1 Å². The molecule has 0 spiro atoms. The number of nitrogens with one attached hydrogen (secondary N) is 1. The van der Waals surface area contributed by atoms with Crippen molar-refractivity contribution >= 4 is 21.8 Å². The fourth-order valence-corrected chi connectivity index (χ4v) is 2.58. The van der Waals surface area contributed by atoms with E-state index in [1.165, 1.54) is 5.56 Å². The molecule has 0 aliphatic carbocycles. The molecule has 1 atom stereocenters. The summed E-state index contributed by atoms with van der Waals surface area (Å²) in [5.74, 6) is 0.830. The second-order valence-electron chi connectivity index (χ2n) is 5.66. The predicted octanol–water partition coefficient (Wildman–Crippen LogP) is 4.12. The summed E-state index contributed by atoms with van der Waals surface area (Å²) >= 11 is 3.45. The normalized spacial score (nSPS) is 12.4. The highest BCUT2D eigenvalue weighted by molar-refractivity contribution is 9.10. The van der Waals surface area contributed by atoms with Crippen molar-refractivity contribution in [2.24, 2.45) is 5.92 Å². The lowest BCUT2D eigenvalue weighted by Gasteiger charge is -2.21. The number of methoxy groups -OCH3 is 1. The van der Waals surface area contributed by atoms with Crippen molar-refractivity contribution in [2.75, 3.05) is 20.3 Å². The van der Waals surface area contributed by atoms with Crippen LogP contribution in [0.4, 0.5) is 0 Å². The Kier molecular flexibility index (Phi) is 8.62. The zero-order valence-corrected chi connectivity index (χ0v) is 14.8. The first-order valence-corrected chi connectivity index (χ1v) is 8.35. The van der Waals surface area contributed by atoms with E-state index in [9.17, 15) is 4.79 Å². The Morgan fingerprint density at radius 2 is 1.90 bits per heavy atom. The quantitative estimate of drug-likeness (QED) is 0.676. The minimum Gasteiger partial charge on any atom is -0.385 e. The van der Waals surface area contributed by atoms with Crippen molar-refractivity contribution in [3.63, 3.8) is 0 Å². The maximum atomic E-state index is 12.1. The lowest BCUT2D eigenvalue weighted by molar-refractivity contribution is -0.121. The van der Waals surface area contributed by atoms with Crippen LogP contribution >= 0.6 is 15.9 Å². The topological polar surface area (TPSA) is 38.3 Å². The third-order valence-electron chi connectivity index (χ3n) is 3.61. The van der Waals surface area contributed by atoms with Crippen molar-refractivity contribution in [3.05, 3.63) is 34.3 Å². The molecule has 1 aromatic rings. The largest absolute Gasteiger partial charge is 0.385 e. The molecule has 0 bridgehead atoms. The Hall–Kier alpha value is -0.870. The van der Waals surface area contributed by atoms with Crippen LogP contribution < -0.4 is 5.32 Å². The molecule has 0 aliphatic heterocycles. The lowest BCUT2D eigenvalue weighted by atomic mass is 9.85. The lowest BCUT2D eigenvalue weighted by Crippen LogP contribution is -2.27. The van der Waals surface area contributed by atoms with Crippen LogP contribution in [0.5, 0.6) is 0 Å². The van der Waals surface area contributed by atoms with Gasteiger partial charge in [0.15, 0.2) is 0 Å². The van der Waals surface area contributed by atoms with Gasteiger partial charge in [-0.05, 0) is 42.4 Å². The molecular formula is C17H26BrNO2. The molecule has 0 fully saturated rings. The molecule has 4 heteroatoms. The molecule has 1 N–H and O–H groups in total. The van der Waals surface area contributed by atoms with Crippen molar-refractivity contribution in [1.29, 1.82) is 0 Å². The Bertz CT molecular complexity index is 417. The van der Waals surface area contributed by atoms with Gasteiger partial charge in [0.1, 0.15) is 0 Å². The average molecular weight is 356 g/mol. The Morgan fingerprint density at radius 3 is 2.48 bits per heavy atom. The number of amides is 1. The standard InChI is InChI=1S/C17H26BrNO2/c1-13(2)16(14-6-8-15(18)9-7-14)12-17(20)19-10-4-5-11-21-3/h6-9,13,16H,4-5,10-12H2,1-3H3,(H,19,20). The van der Waals surface area contributed by atoms with Crippen LogP contribution in [-0.2, 0) is 9.53 Å². The van der Waals surface area contributed by atoms with Crippen LogP contribution in [0, 0.1) is 5.92 Å². The third kappa shape index (κ3) is 7.09. The Balaban J connectivity index is 2.47. The van der Waals surface area contributed by atoms with Gasteiger partial charge in [-0.2, -0.15) is 0 Å². The van der Waals surface area contributed by atoms with Crippen LogP contribution in [0.3, 0.4) is 0 Å². The molecule has 0 saturated carbocycles. The fraction of sp³-hybridized carbons (Fsp3) is 0.588. The number of benzene rings is 1. The number of carbonyl (C=O) groups excluding carboxylic acids is 1. The first-order chi connectivity index (χ1) is 10.0. The van der Waals surface area contributed by atoms with Gasteiger partial charge in [-0.25, -0.2) is 0 Å². The molecule has 21 heavy (non-hydrogen) atoms. The highest BCUT2D eigenvalue weighted by Gasteiger charge is 2.19. The maximum absolute atomic E-state index is 12.1. The van der Waals surface area contributed by atoms with Crippen molar-refractivity contribution in [2.45, 2.75) is 39.0 Å². The molecule has 0 radical (unpaired) electrons. The zero-order valence-electron chi connectivity index (χ0n) is 13.2. The van der Waals surface area contributed by atoms with Crippen molar-refractivity contribution in [3.8, 4) is 0 Å². The molecule has 118 valence electrons. The monoisotopic (exact) mass is 355 g/mol. The smallest absolute Gasteiger partial charge is 0.220 e. The van der Waals surface area contributed by atoms with E-state index in [-0.39, 0.29) is 11.8 Å². The van der Waals surface area contributed by atoms with Gasteiger partial charge in [0.25, 0.3) is 0 Å². The summed E-state index contributed by atoms with van der Waals surface area (Å²) in [4.78, 5) is 12.1. The second kappa shape index (κ2) is 9.96. The minimum absolute atomic E-state index is 0.133. The molecule has 1 aromatic carbocycles. The van der Waals surface area contributed by atoms with E-state index in [2.05, 4.69) is 47.2 Å². The van der Waals surface area contributed by atoms with Gasteiger partial charge in [0, 0.05) is 31.2 Å². The highest BCUT2D eigenvalue weighted by Crippen LogP contribution is 2.28. The summed E-state index contributed by atoms with van der Waals surface area (Å²) in [6.07, 6.45) is 2.49. The number of carbonyl (C=O) groups is 1. The molecular weight excluding hydrogens is 330 g/mol. The Morgan fingerprint density at radius 1 is 1.24 bits per heavy atom. The van der Waals surface area contributed by atoms with Gasteiger partial charge in [-0.15, -0.1) is 0 Å². The molecule has 1 amide bonds. The van der Waals surface area contributed by atoms with Gasteiger partial charge >= 0.3 is 0 Å². The summed E-state index contributed by atoms with van der Waals surface area (Å²) in [5.41, 5.74) is 1.22. The summed E-state index contributed by atoms with van der Waals surface area (Å²) in [5, 5.41) is 3.00. The number of rotatable bonds is 9. The van der Waals surface area contributed by atoms with Gasteiger partial charge in [0.05, 0.1) is 0 Å². The molecule has 3 nitrogen and oxygen atoms in total. The summed E-state index contributed by atoms with van der Waals surface area (Å²) in [6.45, 7) is 5.81. The minimum atomic E-state index is 0.133. The molecule has 0 aromatic heterocycles. The first-order valence-electron chi connectivity index (χ1n) is 7.55. The fourth-order valence-electron chi connectivity index (χ4n) is 2.32. The SMILES string of the molecule is COCCCCNC(=O)CC(c1ccc(Br)cc1)C(C)C. The highest BCUT2D eigenvalue weighted by atomic mass is 79.9. The van der Waals surface area contributed by atoms with Gasteiger partial charge in [-0.3, -0.25) is 4.79 Å². The van der Waals surface area contributed by atoms with Gasteiger partial charge < -0.3 is 10.1 Å². The van der Waals surface area contributed by atoms with E-state index >= 15 is 0 Å². The predicted molar refractivity (Wildman–Crippen MR) is 90.5 cm³/mol. The van der Waals surface area contributed by atoms with E-state index in [1.54, 1.807) is 7.11 Å².